The van der Waals surface area contributed by atoms with E-state index < -0.39 is 0 Å². The molecule has 106 valence electrons. The van der Waals surface area contributed by atoms with Gasteiger partial charge in [-0.3, -0.25) is 5.10 Å². The minimum absolute atomic E-state index is 0.433. The summed E-state index contributed by atoms with van der Waals surface area (Å²) in [4.78, 5) is 0. The molecular formula is C17H18N4. The molecule has 0 amide bonds. The zero-order chi connectivity index (χ0) is 14.2. The van der Waals surface area contributed by atoms with Crippen molar-refractivity contribution in [3.8, 4) is 0 Å². The molecule has 1 heterocycles. The topological polar surface area (TPSA) is 66.7 Å². The van der Waals surface area contributed by atoms with Crippen molar-refractivity contribution in [3.05, 3.63) is 53.7 Å². The number of hydrogen-bond donors (Lipinski definition) is 3. The van der Waals surface area contributed by atoms with E-state index in [1.807, 2.05) is 6.07 Å². The van der Waals surface area contributed by atoms with Crippen LogP contribution in [0.1, 0.15) is 17.5 Å². The quantitative estimate of drug-likeness (QED) is 0.631. The number of nitrogen functional groups attached to an aromatic ring is 1. The lowest BCUT2D eigenvalue weighted by atomic mass is 9.88. The van der Waals surface area contributed by atoms with Crippen LogP contribution in [0.4, 0.5) is 11.4 Å². The van der Waals surface area contributed by atoms with E-state index in [9.17, 15) is 0 Å². The van der Waals surface area contributed by atoms with Gasteiger partial charge in [-0.1, -0.05) is 24.3 Å². The Kier molecular flexibility index (Phi) is 2.81. The number of nitrogens with one attached hydrogen (secondary N) is 2. The lowest BCUT2D eigenvalue weighted by Crippen LogP contribution is -2.27. The van der Waals surface area contributed by atoms with Crippen molar-refractivity contribution in [1.82, 2.24) is 10.2 Å². The monoisotopic (exact) mass is 278 g/mol. The lowest BCUT2D eigenvalue weighted by molar-refractivity contribution is 0.611. The van der Waals surface area contributed by atoms with E-state index in [-0.39, 0.29) is 0 Å². The van der Waals surface area contributed by atoms with Crippen molar-refractivity contribution in [2.75, 3.05) is 11.1 Å². The van der Waals surface area contributed by atoms with E-state index in [1.54, 1.807) is 6.20 Å². The molecule has 0 fully saturated rings. The van der Waals surface area contributed by atoms with Crippen molar-refractivity contribution in [1.29, 1.82) is 0 Å². The summed E-state index contributed by atoms with van der Waals surface area (Å²) in [7, 11) is 0. The normalized spacial score (nSPS) is 17.6. The summed E-state index contributed by atoms with van der Waals surface area (Å²) >= 11 is 0. The molecule has 0 saturated heterocycles. The first kappa shape index (κ1) is 12.3. The first-order valence-corrected chi connectivity index (χ1v) is 7.35. The number of nitrogens with zero attached hydrogens (tertiary/aromatic N) is 1. The highest BCUT2D eigenvalue weighted by atomic mass is 15.1. The largest absolute Gasteiger partial charge is 0.397 e. The van der Waals surface area contributed by atoms with Crippen LogP contribution in [0.3, 0.4) is 0 Å². The Hall–Kier alpha value is -2.49. The minimum Gasteiger partial charge on any atom is -0.397 e. The predicted octanol–water partition coefficient (Wildman–Crippen LogP) is 3.11. The smallest absolute Gasteiger partial charge is 0.0672 e. The summed E-state index contributed by atoms with van der Waals surface area (Å²) < 4.78 is 0. The summed E-state index contributed by atoms with van der Waals surface area (Å²) in [6.07, 6.45) is 5.11. The van der Waals surface area contributed by atoms with E-state index in [4.69, 9.17) is 5.73 Å². The van der Waals surface area contributed by atoms with Crippen molar-refractivity contribution < 1.29 is 0 Å². The van der Waals surface area contributed by atoms with Gasteiger partial charge in [0.15, 0.2) is 0 Å². The van der Waals surface area contributed by atoms with Crippen molar-refractivity contribution in [2.24, 2.45) is 0 Å². The Morgan fingerprint density at radius 2 is 2.05 bits per heavy atom. The third-order valence-electron chi connectivity index (χ3n) is 4.32. The van der Waals surface area contributed by atoms with Gasteiger partial charge in [-0.05, 0) is 42.5 Å². The molecule has 1 atom stereocenters. The van der Waals surface area contributed by atoms with Gasteiger partial charge in [0.2, 0.25) is 0 Å². The molecule has 2 aromatic carbocycles. The Bertz CT molecular complexity index is 790. The Labute approximate surface area is 123 Å². The molecule has 1 unspecified atom stereocenters. The van der Waals surface area contributed by atoms with Crippen molar-refractivity contribution in [3.63, 3.8) is 0 Å². The number of nitrogens with two attached hydrogens (primary N) is 1. The maximum atomic E-state index is 6.15. The van der Waals surface area contributed by atoms with Crippen LogP contribution in [0.5, 0.6) is 0 Å². The van der Waals surface area contributed by atoms with Gasteiger partial charge < -0.3 is 11.1 Å². The number of aryl methyl sites for hydroxylation is 1. The summed E-state index contributed by atoms with van der Waals surface area (Å²) in [6, 6.07) is 13.2. The van der Waals surface area contributed by atoms with Crippen LogP contribution in [0.25, 0.3) is 10.9 Å². The number of aromatic amines is 1. The number of anilines is 2. The highest BCUT2D eigenvalue weighted by molar-refractivity contribution is 5.88. The molecule has 1 aliphatic carbocycles. The van der Waals surface area contributed by atoms with Crippen LogP contribution in [0.15, 0.2) is 42.6 Å². The van der Waals surface area contributed by atoms with Crippen LogP contribution in [0, 0.1) is 0 Å². The average Bonchev–Trinajstić information content (AvgIpc) is 2.94. The summed E-state index contributed by atoms with van der Waals surface area (Å²) in [5.74, 6) is 0. The van der Waals surface area contributed by atoms with E-state index in [2.05, 4.69) is 45.8 Å². The van der Waals surface area contributed by atoms with Crippen LogP contribution < -0.4 is 11.1 Å². The fourth-order valence-electron chi connectivity index (χ4n) is 3.17. The minimum atomic E-state index is 0.433. The van der Waals surface area contributed by atoms with Gasteiger partial charge in [0.05, 0.1) is 23.1 Å². The van der Waals surface area contributed by atoms with Gasteiger partial charge >= 0.3 is 0 Å². The molecule has 4 nitrogen and oxygen atoms in total. The first-order valence-electron chi connectivity index (χ1n) is 7.35. The molecule has 0 bridgehead atoms. The van der Waals surface area contributed by atoms with Gasteiger partial charge in [0, 0.05) is 11.4 Å². The SMILES string of the molecule is Nc1cc2cn[nH]c2cc1NC1CCc2ccccc2C1. The highest BCUT2D eigenvalue weighted by Gasteiger charge is 2.18. The molecule has 21 heavy (non-hydrogen) atoms. The molecule has 4 N–H and O–H groups in total. The van der Waals surface area contributed by atoms with Crippen LogP contribution in [0.2, 0.25) is 0 Å². The summed E-state index contributed by atoms with van der Waals surface area (Å²) in [5, 5.41) is 11.7. The number of benzene rings is 2. The third-order valence-corrected chi connectivity index (χ3v) is 4.32. The Morgan fingerprint density at radius 3 is 2.95 bits per heavy atom. The number of rotatable bonds is 2. The second kappa shape index (κ2) is 4.81. The third kappa shape index (κ3) is 2.23. The number of aromatic nitrogens is 2. The van der Waals surface area contributed by atoms with E-state index in [0.717, 1.165) is 41.5 Å². The number of H-pyrrole nitrogens is 1. The average molecular weight is 278 g/mol. The maximum Gasteiger partial charge on any atom is 0.0672 e. The zero-order valence-electron chi connectivity index (χ0n) is 11.8. The van der Waals surface area contributed by atoms with Crippen molar-refractivity contribution >= 4 is 22.3 Å². The molecule has 3 aromatic rings. The van der Waals surface area contributed by atoms with E-state index in [0.29, 0.717) is 6.04 Å². The van der Waals surface area contributed by atoms with Gasteiger partial charge in [-0.25, -0.2) is 0 Å². The Morgan fingerprint density at radius 1 is 1.19 bits per heavy atom. The van der Waals surface area contributed by atoms with E-state index in [1.165, 1.54) is 11.1 Å². The number of fused-ring (bicyclic) bond motifs is 2. The van der Waals surface area contributed by atoms with Crippen LogP contribution >= 0.6 is 0 Å². The molecule has 4 heteroatoms. The van der Waals surface area contributed by atoms with Gasteiger partial charge in [0.25, 0.3) is 0 Å². The highest BCUT2D eigenvalue weighted by Crippen LogP contribution is 2.28. The molecule has 0 radical (unpaired) electrons. The maximum absolute atomic E-state index is 6.15. The molecular weight excluding hydrogens is 260 g/mol. The van der Waals surface area contributed by atoms with Crippen LogP contribution in [-0.4, -0.2) is 16.2 Å². The fraction of sp³-hybridized carbons (Fsp3) is 0.235. The molecule has 0 aliphatic heterocycles. The fourth-order valence-corrected chi connectivity index (χ4v) is 3.17. The second-order valence-corrected chi connectivity index (χ2v) is 5.75. The summed E-state index contributed by atoms with van der Waals surface area (Å²) in [5.41, 5.74) is 11.9. The summed E-state index contributed by atoms with van der Waals surface area (Å²) in [6.45, 7) is 0. The molecule has 4 rings (SSSR count). The van der Waals surface area contributed by atoms with Gasteiger partial charge in [0.1, 0.15) is 0 Å². The second-order valence-electron chi connectivity index (χ2n) is 5.75. The molecule has 1 aliphatic rings. The van der Waals surface area contributed by atoms with Crippen molar-refractivity contribution in [2.45, 2.75) is 25.3 Å². The predicted molar refractivity (Wildman–Crippen MR) is 86.4 cm³/mol. The van der Waals surface area contributed by atoms with E-state index >= 15 is 0 Å². The van der Waals surface area contributed by atoms with Gasteiger partial charge in [-0.2, -0.15) is 5.10 Å². The molecule has 0 spiro atoms. The molecule has 1 aromatic heterocycles. The number of hydrogen-bond acceptors (Lipinski definition) is 3. The standard InChI is InChI=1S/C17H18N4/c18-15-8-13-10-19-21-16(13)9-17(15)20-14-6-5-11-3-1-2-4-12(11)7-14/h1-4,8-10,14,20H,5-7,18H2,(H,19,21). The first-order chi connectivity index (χ1) is 10.3. The Balaban J connectivity index is 1.59. The zero-order valence-corrected chi connectivity index (χ0v) is 11.8. The van der Waals surface area contributed by atoms with Gasteiger partial charge in [-0.15, -0.1) is 0 Å². The lowest BCUT2D eigenvalue weighted by Gasteiger charge is -2.27. The molecule has 0 saturated carbocycles. The van der Waals surface area contributed by atoms with Crippen LogP contribution in [-0.2, 0) is 12.8 Å².